The van der Waals surface area contributed by atoms with Crippen LogP contribution >= 0.6 is 34.2 Å². The van der Waals surface area contributed by atoms with Crippen molar-refractivity contribution in [2.75, 3.05) is 0 Å². The Morgan fingerprint density at radius 2 is 1.77 bits per heavy atom. The number of hydrogen-bond acceptors (Lipinski definition) is 3. The summed E-state index contributed by atoms with van der Waals surface area (Å²) in [5.74, 6) is 0. The SMILES string of the molecule is O=c1[nH]n(Cc2ccc(I)cc2)c(=O)c2c(=O)c3ccc(Cl)cc3[nH]c12. The molecule has 2 N–H and O–H groups in total. The van der Waals surface area contributed by atoms with Gasteiger partial charge in [0.2, 0.25) is 5.43 Å². The van der Waals surface area contributed by atoms with Crippen molar-refractivity contribution in [1.29, 1.82) is 0 Å². The summed E-state index contributed by atoms with van der Waals surface area (Å²) in [6.07, 6.45) is 0. The fraction of sp³-hybridized carbons (Fsp3) is 0.0556. The Kier molecular flexibility index (Phi) is 4.20. The van der Waals surface area contributed by atoms with Crippen LogP contribution in [0.5, 0.6) is 0 Å². The molecular weight excluding hydrogens is 469 g/mol. The lowest BCUT2D eigenvalue weighted by molar-refractivity contribution is 0.636. The van der Waals surface area contributed by atoms with Gasteiger partial charge in [0.25, 0.3) is 11.1 Å². The number of nitrogens with one attached hydrogen (secondary N) is 2. The van der Waals surface area contributed by atoms with E-state index in [0.717, 1.165) is 13.8 Å². The molecule has 0 amide bonds. The van der Waals surface area contributed by atoms with Crippen LogP contribution in [0.1, 0.15) is 5.56 Å². The first kappa shape index (κ1) is 17.0. The Balaban J connectivity index is 2.00. The van der Waals surface area contributed by atoms with Gasteiger partial charge in [-0.15, -0.1) is 0 Å². The smallest absolute Gasteiger partial charge is 0.287 e. The summed E-state index contributed by atoms with van der Waals surface area (Å²) in [5, 5.41) is 3.11. The standard InChI is InChI=1S/C18H11ClIN3O3/c19-10-3-6-12-13(7-10)21-15-14(16(12)24)18(26)23(22-17(15)25)8-9-1-4-11(20)5-2-9/h1-7H,8H2,(H,21,24)(H,22,25). The minimum absolute atomic E-state index is 0.0476. The topological polar surface area (TPSA) is 87.7 Å². The molecule has 0 aliphatic heterocycles. The van der Waals surface area contributed by atoms with E-state index in [-0.39, 0.29) is 17.4 Å². The van der Waals surface area contributed by atoms with Crippen LogP contribution < -0.4 is 16.5 Å². The molecule has 4 rings (SSSR count). The van der Waals surface area contributed by atoms with E-state index in [1.807, 2.05) is 24.3 Å². The monoisotopic (exact) mass is 479 g/mol. The molecule has 26 heavy (non-hydrogen) atoms. The molecule has 6 nitrogen and oxygen atoms in total. The molecule has 0 aliphatic carbocycles. The second-order valence-electron chi connectivity index (χ2n) is 5.85. The van der Waals surface area contributed by atoms with Crippen LogP contribution in [0.25, 0.3) is 21.8 Å². The molecule has 8 heteroatoms. The van der Waals surface area contributed by atoms with E-state index < -0.39 is 16.5 Å². The minimum Gasteiger partial charge on any atom is -0.350 e. The summed E-state index contributed by atoms with van der Waals surface area (Å²) in [4.78, 5) is 40.9. The Bertz CT molecular complexity index is 1340. The molecule has 0 radical (unpaired) electrons. The molecule has 0 spiro atoms. The summed E-state index contributed by atoms with van der Waals surface area (Å²) in [6, 6.07) is 12.2. The van der Waals surface area contributed by atoms with Crippen molar-refractivity contribution in [3.8, 4) is 0 Å². The number of rotatable bonds is 2. The molecule has 2 heterocycles. The van der Waals surface area contributed by atoms with Crippen molar-refractivity contribution in [1.82, 2.24) is 14.8 Å². The zero-order valence-electron chi connectivity index (χ0n) is 13.2. The van der Waals surface area contributed by atoms with E-state index >= 15 is 0 Å². The van der Waals surface area contributed by atoms with Gasteiger partial charge < -0.3 is 4.98 Å². The zero-order valence-corrected chi connectivity index (χ0v) is 16.1. The van der Waals surface area contributed by atoms with Crippen molar-refractivity contribution in [2.45, 2.75) is 6.54 Å². The summed E-state index contributed by atoms with van der Waals surface area (Å²) in [5.41, 5.74) is -0.367. The van der Waals surface area contributed by atoms with Crippen molar-refractivity contribution in [3.63, 3.8) is 0 Å². The second kappa shape index (κ2) is 6.40. The van der Waals surface area contributed by atoms with Crippen molar-refractivity contribution in [2.24, 2.45) is 0 Å². The number of nitrogens with zero attached hydrogens (tertiary/aromatic N) is 1. The van der Waals surface area contributed by atoms with Gasteiger partial charge >= 0.3 is 0 Å². The summed E-state index contributed by atoms with van der Waals surface area (Å²) < 4.78 is 2.22. The molecule has 4 aromatic rings. The number of benzene rings is 2. The first-order valence-corrected chi connectivity index (χ1v) is 9.12. The van der Waals surface area contributed by atoms with Crippen LogP contribution in [0.4, 0.5) is 0 Å². The van der Waals surface area contributed by atoms with E-state index in [1.54, 1.807) is 18.2 Å². The normalized spacial score (nSPS) is 11.3. The van der Waals surface area contributed by atoms with Crippen LogP contribution in [0.2, 0.25) is 5.02 Å². The first-order chi connectivity index (χ1) is 12.4. The largest absolute Gasteiger partial charge is 0.350 e. The number of aromatic amines is 2. The molecule has 0 bridgehead atoms. The highest BCUT2D eigenvalue weighted by molar-refractivity contribution is 14.1. The van der Waals surface area contributed by atoms with Gasteiger partial charge in [-0.2, -0.15) is 0 Å². The van der Waals surface area contributed by atoms with Gasteiger partial charge in [-0.3, -0.25) is 19.5 Å². The number of fused-ring (bicyclic) bond motifs is 2. The molecule has 0 saturated heterocycles. The summed E-state index contributed by atoms with van der Waals surface area (Å²) >= 11 is 8.13. The maximum atomic E-state index is 12.8. The van der Waals surface area contributed by atoms with Gasteiger partial charge in [0.1, 0.15) is 10.9 Å². The quantitative estimate of drug-likeness (QED) is 0.342. The van der Waals surface area contributed by atoms with Crippen molar-refractivity contribution < 1.29 is 0 Å². The van der Waals surface area contributed by atoms with Crippen molar-refractivity contribution >= 4 is 56.0 Å². The first-order valence-electron chi connectivity index (χ1n) is 7.67. The van der Waals surface area contributed by atoms with E-state index in [0.29, 0.717) is 15.9 Å². The summed E-state index contributed by atoms with van der Waals surface area (Å²) in [6.45, 7) is 0.166. The number of H-pyrrole nitrogens is 2. The highest BCUT2D eigenvalue weighted by Gasteiger charge is 2.14. The Morgan fingerprint density at radius 1 is 1.04 bits per heavy atom. The number of aromatic nitrogens is 3. The van der Waals surface area contributed by atoms with Gasteiger partial charge in [-0.05, 0) is 58.5 Å². The third-order valence-electron chi connectivity index (χ3n) is 4.14. The van der Waals surface area contributed by atoms with Crippen LogP contribution in [-0.2, 0) is 6.54 Å². The molecule has 0 unspecified atom stereocenters. The molecule has 0 aliphatic rings. The van der Waals surface area contributed by atoms with Gasteiger partial charge in [0.05, 0.1) is 12.1 Å². The maximum absolute atomic E-state index is 12.8. The minimum atomic E-state index is -0.545. The molecule has 0 fully saturated rings. The number of halogens is 2. The van der Waals surface area contributed by atoms with E-state index in [2.05, 4.69) is 32.7 Å². The van der Waals surface area contributed by atoms with Crippen LogP contribution in [0, 0.1) is 3.57 Å². The molecule has 130 valence electrons. The highest BCUT2D eigenvalue weighted by atomic mass is 127. The maximum Gasteiger partial charge on any atom is 0.287 e. The van der Waals surface area contributed by atoms with Gasteiger partial charge in [-0.1, -0.05) is 23.7 Å². The van der Waals surface area contributed by atoms with Crippen LogP contribution in [0.3, 0.4) is 0 Å². The average molecular weight is 480 g/mol. The zero-order chi connectivity index (χ0) is 18.4. The van der Waals surface area contributed by atoms with Gasteiger partial charge in [0, 0.05) is 14.0 Å². The van der Waals surface area contributed by atoms with Crippen LogP contribution in [0.15, 0.2) is 56.8 Å². The van der Waals surface area contributed by atoms with Gasteiger partial charge in [0.15, 0.2) is 0 Å². The third kappa shape index (κ3) is 2.86. The van der Waals surface area contributed by atoms with E-state index in [1.165, 1.54) is 0 Å². The Morgan fingerprint density at radius 3 is 2.50 bits per heavy atom. The molecule has 0 atom stereocenters. The molecule has 2 aromatic carbocycles. The van der Waals surface area contributed by atoms with E-state index in [4.69, 9.17) is 11.6 Å². The predicted molar refractivity (Wildman–Crippen MR) is 110 cm³/mol. The van der Waals surface area contributed by atoms with Crippen molar-refractivity contribution in [3.05, 3.63) is 87.6 Å². The fourth-order valence-electron chi connectivity index (χ4n) is 2.89. The fourth-order valence-corrected chi connectivity index (χ4v) is 3.42. The lowest BCUT2D eigenvalue weighted by atomic mass is 10.1. The summed E-state index contributed by atoms with van der Waals surface area (Å²) in [7, 11) is 0. The average Bonchev–Trinajstić information content (AvgIpc) is 2.61. The number of hydrogen-bond donors (Lipinski definition) is 2. The van der Waals surface area contributed by atoms with Crippen LogP contribution in [-0.4, -0.2) is 14.8 Å². The Labute approximate surface area is 164 Å². The Hall–Kier alpha value is -2.39. The molecule has 0 saturated carbocycles. The second-order valence-corrected chi connectivity index (χ2v) is 7.53. The third-order valence-corrected chi connectivity index (χ3v) is 5.09. The lowest BCUT2D eigenvalue weighted by Gasteiger charge is -2.08. The predicted octanol–water partition coefficient (Wildman–Crippen LogP) is 2.84. The van der Waals surface area contributed by atoms with E-state index in [9.17, 15) is 14.4 Å². The molecular formula is C18H11ClIN3O3. The van der Waals surface area contributed by atoms with Gasteiger partial charge in [-0.25, -0.2) is 4.68 Å². The highest BCUT2D eigenvalue weighted by Crippen LogP contribution is 2.16. The number of pyridine rings is 1. The lowest BCUT2D eigenvalue weighted by Crippen LogP contribution is -2.34. The molecule has 2 aromatic heterocycles.